The molecule has 5 nitrogen and oxygen atoms in total. The average molecular weight is 375 g/mol. The first-order valence-electron chi connectivity index (χ1n) is 10.3. The Morgan fingerprint density at radius 1 is 1.04 bits per heavy atom. The summed E-state index contributed by atoms with van der Waals surface area (Å²) >= 11 is 0. The SMILES string of the molecule is CCCCCCCCNc1ccc2c(OCCCC)c(O)c(=O)n(C)c2c1. The molecule has 2 aromatic rings. The summed E-state index contributed by atoms with van der Waals surface area (Å²) in [6.45, 7) is 5.72. The van der Waals surface area contributed by atoms with Crippen molar-refractivity contribution in [3.05, 3.63) is 28.6 Å². The number of hydrogen-bond donors (Lipinski definition) is 2. The normalized spacial score (nSPS) is 11.1. The fourth-order valence-corrected chi connectivity index (χ4v) is 3.21. The summed E-state index contributed by atoms with van der Waals surface area (Å²) in [6, 6.07) is 5.86. The molecule has 0 spiro atoms. The maximum Gasteiger partial charge on any atom is 0.296 e. The van der Waals surface area contributed by atoms with E-state index in [0.717, 1.165) is 42.4 Å². The molecule has 5 heteroatoms. The van der Waals surface area contributed by atoms with Crippen LogP contribution in [0, 0.1) is 0 Å². The number of fused-ring (bicyclic) bond motifs is 1. The van der Waals surface area contributed by atoms with Crippen LogP contribution in [0.2, 0.25) is 0 Å². The Labute approximate surface area is 162 Å². The van der Waals surface area contributed by atoms with Gasteiger partial charge in [-0.15, -0.1) is 0 Å². The molecule has 0 fully saturated rings. The second-order valence-electron chi connectivity index (χ2n) is 7.17. The summed E-state index contributed by atoms with van der Waals surface area (Å²) in [5.41, 5.74) is 1.32. The van der Waals surface area contributed by atoms with Gasteiger partial charge in [-0.2, -0.15) is 0 Å². The van der Waals surface area contributed by atoms with Crippen LogP contribution in [0.5, 0.6) is 11.5 Å². The highest BCUT2D eigenvalue weighted by Crippen LogP contribution is 2.33. The molecule has 0 atom stereocenters. The number of nitrogens with zero attached hydrogens (tertiary/aromatic N) is 1. The fraction of sp³-hybridized carbons (Fsp3) is 0.591. The van der Waals surface area contributed by atoms with Gasteiger partial charge < -0.3 is 19.7 Å². The second-order valence-corrected chi connectivity index (χ2v) is 7.17. The number of unbranched alkanes of at least 4 members (excludes halogenated alkanes) is 6. The number of pyridine rings is 1. The number of aromatic hydroxyl groups is 1. The Hall–Kier alpha value is -2.17. The van der Waals surface area contributed by atoms with Gasteiger partial charge in [-0.1, -0.05) is 52.4 Å². The smallest absolute Gasteiger partial charge is 0.296 e. The third-order valence-corrected chi connectivity index (χ3v) is 4.93. The highest BCUT2D eigenvalue weighted by Gasteiger charge is 2.16. The minimum atomic E-state index is -0.429. The van der Waals surface area contributed by atoms with Gasteiger partial charge in [0.1, 0.15) is 0 Å². The number of anilines is 1. The molecule has 0 saturated carbocycles. The lowest BCUT2D eigenvalue weighted by atomic mass is 10.1. The molecule has 27 heavy (non-hydrogen) atoms. The zero-order chi connectivity index (χ0) is 19.6. The first kappa shape index (κ1) is 21.1. The first-order valence-corrected chi connectivity index (χ1v) is 10.3. The fourth-order valence-electron chi connectivity index (χ4n) is 3.21. The van der Waals surface area contributed by atoms with Crippen molar-refractivity contribution in [1.82, 2.24) is 4.57 Å². The van der Waals surface area contributed by atoms with Gasteiger partial charge in [0.2, 0.25) is 5.75 Å². The summed E-state index contributed by atoms with van der Waals surface area (Å²) in [5, 5.41) is 14.4. The van der Waals surface area contributed by atoms with Crippen molar-refractivity contribution < 1.29 is 9.84 Å². The van der Waals surface area contributed by atoms with Crippen molar-refractivity contribution in [2.45, 2.75) is 65.2 Å². The third-order valence-electron chi connectivity index (χ3n) is 4.93. The standard InChI is InChI=1S/C22H34N2O3/c1-4-6-8-9-10-11-14-23-17-12-13-18-19(16-17)24(3)22(26)20(25)21(18)27-15-7-5-2/h12-13,16,23,25H,4-11,14-15H2,1-3H3. The van der Waals surface area contributed by atoms with Crippen molar-refractivity contribution in [3.63, 3.8) is 0 Å². The molecule has 0 aliphatic heterocycles. The van der Waals surface area contributed by atoms with Crippen molar-refractivity contribution in [3.8, 4) is 11.5 Å². The zero-order valence-corrected chi connectivity index (χ0v) is 17.0. The van der Waals surface area contributed by atoms with Crippen LogP contribution in [0.3, 0.4) is 0 Å². The quantitative estimate of drug-likeness (QED) is 0.502. The predicted octanol–water partition coefficient (Wildman–Crippen LogP) is 5.20. The summed E-state index contributed by atoms with van der Waals surface area (Å²) in [4.78, 5) is 12.3. The molecule has 150 valence electrons. The van der Waals surface area contributed by atoms with Gasteiger partial charge in [-0.05, 0) is 31.0 Å². The van der Waals surface area contributed by atoms with Gasteiger partial charge in [-0.25, -0.2) is 0 Å². The molecule has 0 bridgehead atoms. The summed E-state index contributed by atoms with van der Waals surface area (Å²) in [7, 11) is 1.68. The largest absolute Gasteiger partial charge is 0.500 e. The Bertz CT molecular complexity index is 783. The van der Waals surface area contributed by atoms with Gasteiger partial charge in [-0.3, -0.25) is 4.79 Å². The van der Waals surface area contributed by atoms with Crippen molar-refractivity contribution in [2.24, 2.45) is 7.05 Å². The Balaban J connectivity index is 2.10. The summed E-state index contributed by atoms with van der Waals surface area (Å²) < 4.78 is 7.21. The van der Waals surface area contributed by atoms with Crippen molar-refractivity contribution in [2.75, 3.05) is 18.5 Å². The molecular formula is C22H34N2O3. The Kier molecular flexibility index (Phi) is 8.49. The molecule has 0 saturated heterocycles. The van der Waals surface area contributed by atoms with E-state index in [-0.39, 0.29) is 5.75 Å². The molecule has 2 N–H and O–H groups in total. The Morgan fingerprint density at radius 3 is 2.48 bits per heavy atom. The van der Waals surface area contributed by atoms with Crippen LogP contribution in [0.1, 0.15) is 65.2 Å². The third kappa shape index (κ3) is 5.65. The summed E-state index contributed by atoms with van der Waals surface area (Å²) in [5.74, 6) is -0.0158. The van der Waals surface area contributed by atoms with Crippen molar-refractivity contribution in [1.29, 1.82) is 0 Å². The summed E-state index contributed by atoms with van der Waals surface area (Å²) in [6.07, 6.45) is 9.46. The van der Waals surface area contributed by atoms with Gasteiger partial charge in [0.05, 0.1) is 12.1 Å². The maximum atomic E-state index is 12.3. The van der Waals surface area contributed by atoms with E-state index in [2.05, 4.69) is 19.2 Å². The van der Waals surface area contributed by atoms with Crippen LogP contribution >= 0.6 is 0 Å². The van der Waals surface area contributed by atoms with Crippen LogP contribution in [0.25, 0.3) is 10.9 Å². The number of benzene rings is 1. The van der Waals surface area contributed by atoms with Crippen LogP contribution < -0.4 is 15.6 Å². The van der Waals surface area contributed by atoms with Gasteiger partial charge >= 0.3 is 0 Å². The molecule has 1 heterocycles. The Morgan fingerprint density at radius 2 is 1.74 bits per heavy atom. The minimum Gasteiger partial charge on any atom is -0.500 e. The van der Waals surface area contributed by atoms with Crippen molar-refractivity contribution >= 4 is 16.6 Å². The van der Waals surface area contributed by atoms with E-state index in [1.165, 1.54) is 36.7 Å². The molecule has 0 radical (unpaired) electrons. The molecule has 1 aromatic heterocycles. The number of aromatic nitrogens is 1. The molecule has 0 amide bonds. The van der Waals surface area contributed by atoms with Crippen LogP contribution in [0.4, 0.5) is 5.69 Å². The molecular weight excluding hydrogens is 340 g/mol. The molecule has 0 unspecified atom stereocenters. The lowest BCUT2D eigenvalue weighted by molar-refractivity contribution is 0.294. The monoisotopic (exact) mass is 374 g/mol. The number of aryl methyl sites for hydroxylation is 1. The predicted molar refractivity (Wildman–Crippen MR) is 113 cm³/mol. The maximum absolute atomic E-state index is 12.3. The topological polar surface area (TPSA) is 63.5 Å². The number of rotatable bonds is 12. The van der Waals surface area contributed by atoms with Gasteiger partial charge in [0, 0.05) is 24.7 Å². The molecule has 0 aliphatic rings. The lowest BCUT2D eigenvalue weighted by Gasteiger charge is -2.15. The van der Waals surface area contributed by atoms with Crippen LogP contribution in [0.15, 0.2) is 23.0 Å². The highest BCUT2D eigenvalue weighted by molar-refractivity contribution is 5.90. The first-order chi connectivity index (χ1) is 13.1. The molecule has 1 aromatic carbocycles. The zero-order valence-electron chi connectivity index (χ0n) is 17.0. The van der Waals surface area contributed by atoms with E-state index in [9.17, 15) is 9.90 Å². The lowest BCUT2D eigenvalue weighted by Crippen LogP contribution is -2.18. The van der Waals surface area contributed by atoms with E-state index in [4.69, 9.17) is 4.74 Å². The molecule has 0 aliphatic carbocycles. The molecule has 2 rings (SSSR count). The van der Waals surface area contributed by atoms with Gasteiger partial charge in [0.15, 0.2) is 5.75 Å². The van der Waals surface area contributed by atoms with Gasteiger partial charge in [0.25, 0.3) is 5.56 Å². The highest BCUT2D eigenvalue weighted by atomic mass is 16.5. The van der Waals surface area contributed by atoms with E-state index in [0.29, 0.717) is 12.4 Å². The average Bonchev–Trinajstić information content (AvgIpc) is 2.68. The van der Waals surface area contributed by atoms with E-state index in [1.807, 2.05) is 18.2 Å². The van der Waals surface area contributed by atoms with E-state index < -0.39 is 5.56 Å². The number of nitrogens with one attached hydrogen (secondary N) is 1. The second kappa shape index (κ2) is 10.9. The minimum absolute atomic E-state index is 0.295. The number of ether oxygens (including phenoxy) is 1. The van der Waals surface area contributed by atoms with Crippen LogP contribution in [-0.4, -0.2) is 22.8 Å². The number of hydrogen-bond acceptors (Lipinski definition) is 4. The van der Waals surface area contributed by atoms with E-state index >= 15 is 0 Å². The van der Waals surface area contributed by atoms with E-state index in [1.54, 1.807) is 7.05 Å². The van der Waals surface area contributed by atoms with Crippen LogP contribution in [-0.2, 0) is 7.05 Å².